The highest BCUT2D eigenvalue weighted by Crippen LogP contribution is 2.29. The summed E-state index contributed by atoms with van der Waals surface area (Å²) in [5.74, 6) is 0.235. The van der Waals surface area contributed by atoms with Crippen molar-refractivity contribution in [1.82, 2.24) is 4.90 Å². The second-order valence-corrected chi connectivity index (χ2v) is 8.07. The molecule has 0 radical (unpaired) electrons. The van der Waals surface area contributed by atoms with Gasteiger partial charge in [-0.15, -0.1) is 0 Å². The summed E-state index contributed by atoms with van der Waals surface area (Å²) in [6.07, 6.45) is 2.85. The maximum absolute atomic E-state index is 11.9. The Bertz CT molecular complexity index is 310. The van der Waals surface area contributed by atoms with Crippen LogP contribution in [0.15, 0.2) is 0 Å². The van der Waals surface area contributed by atoms with E-state index in [1.165, 1.54) is 0 Å². The van der Waals surface area contributed by atoms with E-state index in [9.17, 15) is 4.79 Å². The molecule has 1 heterocycles. The van der Waals surface area contributed by atoms with Gasteiger partial charge in [-0.05, 0) is 53.5 Å². The van der Waals surface area contributed by atoms with Crippen LogP contribution in [0.4, 0.5) is 0 Å². The summed E-state index contributed by atoms with van der Waals surface area (Å²) in [4.78, 5) is 14.2. The molecule has 0 aromatic heterocycles. The molecule has 0 bridgehead atoms. The van der Waals surface area contributed by atoms with Gasteiger partial charge in [-0.1, -0.05) is 6.92 Å². The van der Waals surface area contributed by atoms with Crippen molar-refractivity contribution < 1.29 is 18.1 Å². The second kappa shape index (κ2) is 9.00. The lowest BCUT2D eigenvalue weighted by Gasteiger charge is -2.41. The maximum atomic E-state index is 11.9. The summed E-state index contributed by atoms with van der Waals surface area (Å²) in [6, 6.07) is -0.0109. The Hall–Kier alpha value is -0.273. The number of rotatable bonds is 10. The largest absolute Gasteiger partial charge is 0.519 e. The van der Waals surface area contributed by atoms with Crippen LogP contribution in [0.3, 0.4) is 0 Å². The summed E-state index contributed by atoms with van der Waals surface area (Å²) >= 11 is 0. The fraction of sp³-hybridized carbons (Fsp3) is 0.933. The number of nitrogens with zero attached hydrogens (tertiary/aromatic N) is 1. The Kier molecular flexibility index (Phi) is 8.05. The zero-order chi connectivity index (χ0) is 15.9. The number of carbonyl (C=O) groups excluding carboxylic acids is 1. The summed E-state index contributed by atoms with van der Waals surface area (Å²) in [5, 5.41) is 0. The lowest BCUT2D eigenvalue weighted by atomic mass is 10.1. The van der Waals surface area contributed by atoms with Crippen molar-refractivity contribution in [2.75, 3.05) is 26.4 Å². The van der Waals surface area contributed by atoms with Crippen molar-refractivity contribution in [3.8, 4) is 0 Å². The van der Waals surface area contributed by atoms with Gasteiger partial charge < -0.3 is 13.3 Å². The number of ketones is 1. The first-order valence-electron chi connectivity index (χ1n) is 8.24. The fourth-order valence-electron chi connectivity index (χ4n) is 3.30. The van der Waals surface area contributed by atoms with Crippen molar-refractivity contribution >= 4 is 14.6 Å². The van der Waals surface area contributed by atoms with E-state index >= 15 is 0 Å². The molecule has 5 nitrogen and oxygen atoms in total. The monoisotopic (exact) mass is 317 g/mol. The van der Waals surface area contributed by atoms with Gasteiger partial charge in [-0.25, -0.2) is 0 Å². The van der Waals surface area contributed by atoms with Gasteiger partial charge in [0.25, 0.3) is 0 Å². The topological polar surface area (TPSA) is 48.0 Å². The van der Waals surface area contributed by atoms with Gasteiger partial charge in [0.2, 0.25) is 0 Å². The minimum Gasteiger partial charge on any atom is -0.373 e. The summed E-state index contributed by atoms with van der Waals surface area (Å²) in [5.41, 5.74) is 0.0637. The van der Waals surface area contributed by atoms with E-state index in [0.29, 0.717) is 19.8 Å². The molecule has 1 aliphatic heterocycles. The Morgan fingerprint density at radius 1 is 1.14 bits per heavy atom. The van der Waals surface area contributed by atoms with E-state index < -0.39 is 8.80 Å². The van der Waals surface area contributed by atoms with Crippen LogP contribution in [-0.2, 0) is 18.1 Å². The average Bonchev–Trinajstić information content (AvgIpc) is 2.89. The first-order valence-corrected chi connectivity index (χ1v) is 10.0. The highest BCUT2D eigenvalue weighted by Gasteiger charge is 2.53. The quantitative estimate of drug-likeness (QED) is 0.579. The molecule has 0 spiro atoms. The van der Waals surface area contributed by atoms with Crippen LogP contribution in [0.25, 0.3) is 0 Å². The standard InChI is InChI=1S/C15H31NO4Si/c1-6-15(16-12-10-11-14(16)13(5)17)21(18-7-2,19-8-3)20-9-4/h14-15H,6-12H2,1-5H3. The van der Waals surface area contributed by atoms with Crippen LogP contribution in [0.5, 0.6) is 0 Å². The number of Topliss-reactive ketones (excluding diaryl/α,β-unsaturated/α-hetero) is 1. The maximum Gasteiger partial charge on any atom is 0.519 e. The van der Waals surface area contributed by atoms with Crippen LogP contribution in [-0.4, -0.2) is 57.6 Å². The zero-order valence-corrected chi connectivity index (χ0v) is 15.2. The van der Waals surface area contributed by atoms with Crippen molar-refractivity contribution in [3.63, 3.8) is 0 Å². The van der Waals surface area contributed by atoms with Crippen molar-refractivity contribution in [2.45, 2.75) is 65.6 Å². The molecular formula is C15H31NO4Si. The number of hydrogen-bond donors (Lipinski definition) is 0. The molecule has 0 N–H and O–H groups in total. The lowest BCUT2D eigenvalue weighted by molar-refractivity contribution is -0.121. The van der Waals surface area contributed by atoms with Crippen LogP contribution in [0, 0.1) is 0 Å². The predicted molar refractivity (Wildman–Crippen MR) is 85.1 cm³/mol. The molecule has 2 unspecified atom stereocenters. The van der Waals surface area contributed by atoms with Gasteiger partial charge in [0.15, 0.2) is 0 Å². The number of carbonyl (C=O) groups is 1. The van der Waals surface area contributed by atoms with Crippen LogP contribution in [0.2, 0.25) is 0 Å². The Labute approximate surface area is 130 Å². The van der Waals surface area contributed by atoms with Crippen LogP contribution >= 0.6 is 0 Å². The van der Waals surface area contributed by atoms with Crippen LogP contribution in [0.1, 0.15) is 53.9 Å². The Balaban J connectivity index is 3.06. The van der Waals surface area contributed by atoms with Gasteiger partial charge in [0, 0.05) is 19.8 Å². The Morgan fingerprint density at radius 3 is 2.05 bits per heavy atom. The van der Waals surface area contributed by atoms with Crippen molar-refractivity contribution in [1.29, 1.82) is 0 Å². The molecule has 0 aromatic rings. The summed E-state index contributed by atoms with van der Waals surface area (Å²) in [6.45, 7) is 12.4. The van der Waals surface area contributed by atoms with Crippen LogP contribution < -0.4 is 0 Å². The fourth-order valence-corrected chi connectivity index (χ4v) is 6.55. The highest BCUT2D eigenvalue weighted by atomic mass is 28.4. The minimum atomic E-state index is -2.80. The van der Waals surface area contributed by atoms with Crippen molar-refractivity contribution in [2.24, 2.45) is 0 Å². The molecule has 1 fully saturated rings. The van der Waals surface area contributed by atoms with E-state index in [1.807, 2.05) is 20.8 Å². The van der Waals surface area contributed by atoms with Gasteiger partial charge in [-0.3, -0.25) is 9.69 Å². The molecular weight excluding hydrogens is 286 g/mol. The predicted octanol–water partition coefficient (Wildman–Crippen LogP) is 2.41. The van der Waals surface area contributed by atoms with E-state index in [0.717, 1.165) is 25.8 Å². The normalized spacial score (nSPS) is 21.7. The van der Waals surface area contributed by atoms with Gasteiger partial charge in [0.1, 0.15) is 5.78 Å². The Morgan fingerprint density at radius 2 is 1.67 bits per heavy atom. The third kappa shape index (κ3) is 4.36. The molecule has 1 aliphatic rings. The van der Waals surface area contributed by atoms with E-state index in [2.05, 4.69) is 11.8 Å². The van der Waals surface area contributed by atoms with Crippen molar-refractivity contribution in [3.05, 3.63) is 0 Å². The molecule has 6 heteroatoms. The molecule has 0 amide bonds. The molecule has 0 saturated carbocycles. The highest BCUT2D eigenvalue weighted by molar-refractivity contribution is 6.62. The summed E-state index contributed by atoms with van der Waals surface area (Å²) < 4.78 is 18.1. The molecule has 0 aromatic carbocycles. The minimum absolute atomic E-state index is 0.0109. The SMILES string of the molecule is CCO[Si](OCC)(OCC)C(CC)N1CCCC1C(C)=O. The molecule has 2 atom stereocenters. The van der Waals surface area contributed by atoms with E-state index in [4.69, 9.17) is 13.3 Å². The third-order valence-electron chi connectivity index (χ3n) is 4.00. The molecule has 124 valence electrons. The smallest absolute Gasteiger partial charge is 0.373 e. The number of likely N-dealkylation sites (tertiary alicyclic amines) is 1. The zero-order valence-electron chi connectivity index (χ0n) is 14.2. The number of hydrogen-bond acceptors (Lipinski definition) is 5. The third-order valence-corrected chi connectivity index (χ3v) is 7.62. The molecule has 1 saturated heterocycles. The molecule has 21 heavy (non-hydrogen) atoms. The average molecular weight is 318 g/mol. The summed E-state index contributed by atoms with van der Waals surface area (Å²) in [7, 11) is -2.80. The first-order chi connectivity index (χ1) is 10.1. The first kappa shape index (κ1) is 18.8. The van der Waals surface area contributed by atoms with Gasteiger partial charge >= 0.3 is 8.80 Å². The lowest BCUT2D eigenvalue weighted by Crippen LogP contribution is -2.64. The van der Waals surface area contributed by atoms with E-state index in [-0.39, 0.29) is 17.5 Å². The van der Waals surface area contributed by atoms with E-state index in [1.54, 1.807) is 6.92 Å². The molecule has 1 rings (SSSR count). The van der Waals surface area contributed by atoms with Gasteiger partial charge in [-0.2, -0.15) is 0 Å². The van der Waals surface area contributed by atoms with Gasteiger partial charge in [0.05, 0.1) is 11.7 Å². The molecule has 0 aliphatic carbocycles. The second-order valence-electron chi connectivity index (χ2n) is 5.33.